The Hall–Kier alpha value is -2.01. The van der Waals surface area contributed by atoms with Crippen LogP contribution in [0.3, 0.4) is 0 Å². The molecule has 2 aromatic heterocycles. The Morgan fingerprint density at radius 2 is 2.33 bits per heavy atom. The van der Waals surface area contributed by atoms with Gasteiger partial charge < -0.3 is 14.8 Å². The van der Waals surface area contributed by atoms with Gasteiger partial charge in [0, 0.05) is 6.20 Å². The average molecular weight is 267 g/mol. The minimum Gasteiger partial charge on any atom is -0.478 e. The highest BCUT2D eigenvalue weighted by atomic mass is 35.5. The van der Waals surface area contributed by atoms with Crippen molar-refractivity contribution in [2.75, 3.05) is 5.32 Å². The summed E-state index contributed by atoms with van der Waals surface area (Å²) >= 11 is 5.97. The number of anilines is 1. The molecule has 0 saturated heterocycles. The Morgan fingerprint density at radius 1 is 1.56 bits per heavy atom. The average Bonchev–Trinajstić information content (AvgIpc) is 2.85. The Balaban J connectivity index is 2.24. The van der Waals surface area contributed by atoms with Crippen LogP contribution in [-0.2, 0) is 0 Å². The van der Waals surface area contributed by atoms with Crippen LogP contribution in [0.15, 0.2) is 35.1 Å². The largest absolute Gasteiger partial charge is 0.478 e. The first-order chi connectivity index (χ1) is 8.59. The van der Waals surface area contributed by atoms with Gasteiger partial charge in [0.2, 0.25) is 0 Å². The van der Waals surface area contributed by atoms with E-state index in [-0.39, 0.29) is 16.6 Å². The third-order valence-corrected chi connectivity index (χ3v) is 2.83. The van der Waals surface area contributed by atoms with Crippen molar-refractivity contribution in [1.82, 2.24) is 4.98 Å². The number of furan rings is 1. The monoisotopic (exact) mass is 266 g/mol. The van der Waals surface area contributed by atoms with Crippen molar-refractivity contribution in [3.05, 3.63) is 47.0 Å². The lowest BCUT2D eigenvalue weighted by Crippen LogP contribution is -2.09. The zero-order valence-electron chi connectivity index (χ0n) is 9.55. The Morgan fingerprint density at radius 3 is 2.94 bits per heavy atom. The highest BCUT2D eigenvalue weighted by Gasteiger charge is 2.16. The first kappa shape index (κ1) is 12.4. The maximum Gasteiger partial charge on any atom is 0.337 e. The maximum atomic E-state index is 10.9. The summed E-state index contributed by atoms with van der Waals surface area (Å²) in [7, 11) is 0. The van der Waals surface area contributed by atoms with Crippen molar-refractivity contribution in [2.24, 2.45) is 0 Å². The number of hydrogen-bond acceptors (Lipinski definition) is 4. The third kappa shape index (κ3) is 2.46. The van der Waals surface area contributed by atoms with E-state index in [1.165, 1.54) is 12.3 Å². The van der Waals surface area contributed by atoms with Crippen molar-refractivity contribution in [3.8, 4) is 0 Å². The molecule has 0 aromatic carbocycles. The lowest BCUT2D eigenvalue weighted by atomic mass is 10.2. The van der Waals surface area contributed by atoms with Crippen molar-refractivity contribution < 1.29 is 14.3 Å². The Bertz CT molecular complexity index is 554. The molecule has 0 radical (unpaired) electrons. The van der Waals surface area contributed by atoms with E-state index in [9.17, 15) is 4.79 Å². The zero-order chi connectivity index (χ0) is 13.1. The predicted octanol–water partition coefficient (Wildman–Crippen LogP) is 3.20. The fourth-order valence-corrected chi connectivity index (χ4v) is 1.77. The van der Waals surface area contributed by atoms with E-state index in [4.69, 9.17) is 21.1 Å². The van der Waals surface area contributed by atoms with Crippen LogP contribution in [0.25, 0.3) is 0 Å². The molecule has 94 valence electrons. The summed E-state index contributed by atoms with van der Waals surface area (Å²) in [5, 5.41) is 12.0. The molecule has 2 aromatic rings. The lowest BCUT2D eigenvalue weighted by Gasteiger charge is -2.13. The van der Waals surface area contributed by atoms with Gasteiger partial charge in [0.25, 0.3) is 0 Å². The van der Waals surface area contributed by atoms with Gasteiger partial charge in [-0.3, -0.25) is 0 Å². The fraction of sp³-hybridized carbons (Fsp3) is 0.167. The number of nitrogens with one attached hydrogen (secondary N) is 1. The second-order valence-electron chi connectivity index (χ2n) is 3.71. The highest BCUT2D eigenvalue weighted by Crippen LogP contribution is 2.27. The van der Waals surface area contributed by atoms with E-state index in [0.29, 0.717) is 11.6 Å². The van der Waals surface area contributed by atoms with Crippen LogP contribution in [0.5, 0.6) is 0 Å². The van der Waals surface area contributed by atoms with E-state index in [1.807, 2.05) is 13.0 Å². The summed E-state index contributed by atoms with van der Waals surface area (Å²) in [4.78, 5) is 15.0. The molecule has 5 nitrogen and oxygen atoms in total. The molecule has 0 aliphatic heterocycles. The van der Waals surface area contributed by atoms with Gasteiger partial charge in [0.15, 0.2) is 0 Å². The number of halogens is 1. The number of pyridine rings is 1. The van der Waals surface area contributed by atoms with E-state index in [1.54, 1.807) is 12.3 Å². The van der Waals surface area contributed by atoms with Crippen LogP contribution in [0, 0.1) is 0 Å². The van der Waals surface area contributed by atoms with E-state index in [2.05, 4.69) is 10.3 Å². The zero-order valence-corrected chi connectivity index (χ0v) is 10.3. The minimum atomic E-state index is -1.09. The molecule has 1 atom stereocenters. The number of carboxylic acid groups (broad SMARTS) is 1. The van der Waals surface area contributed by atoms with Gasteiger partial charge in [-0.2, -0.15) is 0 Å². The van der Waals surface area contributed by atoms with Gasteiger partial charge in [-0.05, 0) is 25.1 Å². The van der Waals surface area contributed by atoms with Gasteiger partial charge in [-0.1, -0.05) is 11.6 Å². The summed E-state index contributed by atoms with van der Waals surface area (Å²) < 4.78 is 5.24. The van der Waals surface area contributed by atoms with Gasteiger partial charge in [-0.15, -0.1) is 0 Å². The van der Waals surface area contributed by atoms with Gasteiger partial charge in [0.05, 0.1) is 22.9 Å². The van der Waals surface area contributed by atoms with Crippen LogP contribution in [0.1, 0.15) is 29.1 Å². The van der Waals surface area contributed by atoms with Crippen LogP contribution in [-0.4, -0.2) is 16.1 Å². The fourth-order valence-electron chi connectivity index (χ4n) is 1.52. The van der Waals surface area contributed by atoms with Gasteiger partial charge in [0.1, 0.15) is 11.6 Å². The summed E-state index contributed by atoms with van der Waals surface area (Å²) in [5.74, 6) is -0.0508. The normalized spacial score (nSPS) is 12.1. The summed E-state index contributed by atoms with van der Waals surface area (Å²) in [6, 6.07) is 4.78. The molecule has 1 unspecified atom stereocenters. The standard InChI is InChI=1S/C12H11ClN2O3/c1-7(9-3-2-6-18-9)15-11-10(13)8(12(16)17)4-5-14-11/h2-7H,1H3,(H,14,15)(H,16,17). The molecule has 0 aliphatic carbocycles. The van der Waals surface area contributed by atoms with Crippen molar-refractivity contribution in [1.29, 1.82) is 0 Å². The van der Waals surface area contributed by atoms with E-state index in [0.717, 1.165) is 0 Å². The predicted molar refractivity (Wildman–Crippen MR) is 67.0 cm³/mol. The Kier molecular flexibility index (Phi) is 3.53. The van der Waals surface area contributed by atoms with Crippen LogP contribution >= 0.6 is 11.6 Å². The molecule has 0 bridgehead atoms. The van der Waals surface area contributed by atoms with E-state index < -0.39 is 5.97 Å². The summed E-state index contributed by atoms with van der Waals surface area (Å²) in [6.45, 7) is 1.87. The SMILES string of the molecule is CC(Nc1nccc(C(=O)O)c1Cl)c1ccco1. The molecular weight excluding hydrogens is 256 g/mol. The first-order valence-corrected chi connectivity index (χ1v) is 5.65. The summed E-state index contributed by atoms with van der Waals surface area (Å²) in [6.07, 6.45) is 2.96. The van der Waals surface area contributed by atoms with Crippen molar-refractivity contribution in [2.45, 2.75) is 13.0 Å². The molecule has 0 fully saturated rings. The topological polar surface area (TPSA) is 75.4 Å². The molecule has 18 heavy (non-hydrogen) atoms. The van der Waals surface area contributed by atoms with Gasteiger partial charge in [-0.25, -0.2) is 9.78 Å². The number of nitrogens with zero attached hydrogens (tertiary/aromatic N) is 1. The molecule has 6 heteroatoms. The van der Waals surface area contributed by atoms with Gasteiger partial charge >= 0.3 is 5.97 Å². The minimum absolute atomic E-state index is 0.0146. The molecule has 2 N–H and O–H groups in total. The van der Waals surface area contributed by atoms with Crippen LogP contribution in [0.4, 0.5) is 5.82 Å². The smallest absolute Gasteiger partial charge is 0.337 e. The first-order valence-electron chi connectivity index (χ1n) is 5.27. The van der Waals surface area contributed by atoms with E-state index >= 15 is 0 Å². The van der Waals surface area contributed by atoms with Crippen LogP contribution < -0.4 is 5.32 Å². The number of carbonyl (C=O) groups is 1. The molecule has 2 heterocycles. The number of aromatic nitrogens is 1. The molecule has 0 saturated carbocycles. The number of aromatic carboxylic acids is 1. The third-order valence-electron chi connectivity index (χ3n) is 2.44. The number of rotatable bonds is 4. The molecule has 2 rings (SSSR count). The molecule has 0 amide bonds. The Labute approximate surface area is 108 Å². The second-order valence-corrected chi connectivity index (χ2v) is 4.09. The van der Waals surface area contributed by atoms with Crippen molar-refractivity contribution in [3.63, 3.8) is 0 Å². The van der Waals surface area contributed by atoms with Crippen molar-refractivity contribution >= 4 is 23.4 Å². The lowest BCUT2D eigenvalue weighted by molar-refractivity contribution is 0.0697. The molecular formula is C12H11ClN2O3. The molecule has 0 spiro atoms. The maximum absolute atomic E-state index is 10.9. The quantitative estimate of drug-likeness (QED) is 0.889. The van der Waals surface area contributed by atoms with Crippen LogP contribution in [0.2, 0.25) is 5.02 Å². The molecule has 0 aliphatic rings. The summed E-state index contributed by atoms with van der Waals surface area (Å²) in [5.41, 5.74) is 0.0146. The highest BCUT2D eigenvalue weighted by molar-refractivity contribution is 6.35. The number of carboxylic acids is 1. The second kappa shape index (κ2) is 5.10. The number of hydrogen-bond donors (Lipinski definition) is 2.